The van der Waals surface area contributed by atoms with Crippen LogP contribution >= 0.6 is 0 Å². The van der Waals surface area contributed by atoms with E-state index in [1.165, 1.54) is 7.05 Å². The van der Waals surface area contributed by atoms with E-state index in [1.807, 2.05) is 6.92 Å². The Morgan fingerprint density at radius 1 is 1.58 bits per heavy atom. The van der Waals surface area contributed by atoms with Crippen LogP contribution in [0.1, 0.15) is 13.3 Å². The molecule has 1 unspecified atom stereocenters. The lowest BCUT2D eigenvalue weighted by atomic mass is 10.3. The highest BCUT2D eigenvalue weighted by atomic mass is 16.2. The van der Waals surface area contributed by atoms with Crippen LogP contribution in [0.2, 0.25) is 0 Å². The number of primary amides is 1. The molecule has 0 aromatic heterocycles. The van der Waals surface area contributed by atoms with E-state index >= 15 is 0 Å². The van der Waals surface area contributed by atoms with Gasteiger partial charge in [0, 0.05) is 6.08 Å². The third-order valence-electron chi connectivity index (χ3n) is 1.82. The number of nitrogens with zero attached hydrogens (tertiary/aromatic N) is 1. The number of imide groups is 1. The first-order valence-corrected chi connectivity index (χ1v) is 3.81. The molecule has 0 heterocycles. The number of hydrogen-bond acceptors (Lipinski definition) is 2. The van der Waals surface area contributed by atoms with Gasteiger partial charge in [0.1, 0.15) is 0 Å². The van der Waals surface area contributed by atoms with Crippen molar-refractivity contribution < 1.29 is 14.1 Å². The monoisotopic (exact) mass is 171 g/mol. The highest BCUT2D eigenvalue weighted by molar-refractivity contribution is 5.89. The summed E-state index contributed by atoms with van der Waals surface area (Å²) in [6.45, 7) is 5.62. The molecule has 0 rings (SSSR count). The Kier molecular flexibility index (Phi) is 3.63. The summed E-state index contributed by atoms with van der Waals surface area (Å²) in [5.74, 6) is -0.357. The Bertz CT molecular complexity index is 213. The number of carbonyl (C=O) groups excluding carboxylic acids is 2. The summed E-state index contributed by atoms with van der Waals surface area (Å²) >= 11 is 0. The zero-order chi connectivity index (χ0) is 9.78. The molecule has 0 saturated carbocycles. The summed E-state index contributed by atoms with van der Waals surface area (Å²) < 4.78 is -0.389. The zero-order valence-electron chi connectivity index (χ0n) is 7.54. The lowest BCUT2D eigenvalue weighted by Crippen LogP contribution is -2.56. The van der Waals surface area contributed by atoms with Crippen molar-refractivity contribution in [1.82, 2.24) is 0 Å². The lowest BCUT2D eigenvalue weighted by Gasteiger charge is -2.24. The third kappa shape index (κ3) is 1.92. The van der Waals surface area contributed by atoms with Crippen LogP contribution < -0.4 is 5.73 Å². The van der Waals surface area contributed by atoms with Gasteiger partial charge < -0.3 is 5.73 Å². The molecule has 0 spiro atoms. The van der Waals surface area contributed by atoms with Crippen LogP contribution in [-0.2, 0) is 4.79 Å². The topological polar surface area (TPSA) is 60.2 Å². The van der Waals surface area contributed by atoms with Gasteiger partial charge in [-0.15, -0.1) is 0 Å². The number of hydrogen-bond donors (Lipinski definition) is 1. The molecule has 4 nitrogen and oxygen atoms in total. The minimum atomic E-state index is -0.637. The molecular weight excluding hydrogens is 156 g/mol. The van der Waals surface area contributed by atoms with Gasteiger partial charge in [-0.25, -0.2) is 9.59 Å². The van der Waals surface area contributed by atoms with Crippen molar-refractivity contribution in [2.45, 2.75) is 13.3 Å². The van der Waals surface area contributed by atoms with Gasteiger partial charge in [0.15, 0.2) is 0 Å². The third-order valence-corrected chi connectivity index (χ3v) is 1.82. The number of urea groups is 1. The molecule has 0 saturated heterocycles. The summed E-state index contributed by atoms with van der Waals surface area (Å²) in [4.78, 5) is 22.2. The highest BCUT2D eigenvalue weighted by Crippen LogP contribution is 2.05. The molecule has 68 valence electrons. The fourth-order valence-corrected chi connectivity index (χ4v) is 0.978. The average Bonchev–Trinajstić information content (AvgIpc) is 2.03. The van der Waals surface area contributed by atoms with Crippen LogP contribution in [0.15, 0.2) is 12.7 Å². The van der Waals surface area contributed by atoms with Crippen molar-refractivity contribution in [2.75, 3.05) is 13.6 Å². The first-order valence-electron chi connectivity index (χ1n) is 3.81. The van der Waals surface area contributed by atoms with Crippen LogP contribution in [0.5, 0.6) is 0 Å². The standard InChI is InChI=1S/C8H14N2O2/c1-4-6-10(3,8(9)12)7(11)5-2/h5H,2,4,6H2,1,3H3,(H-,9,12)/p+1. The Morgan fingerprint density at radius 3 is 2.33 bits per heavy atom. The number of carbonyl (C=O) groups is 2. The molecule has 0 fully saturated rings. The van der Waals surface area contributed by atoms with Crippen LogP contribution in [0.3, 0.4) is 0 Å². The SMILES string of the molecule is C=CC(=O)[N+](C)(CCC)C(N)=O. The Labute approximate surface area is 72.2 Å². The molecule has 12 heavy (non-hydrogen) atoms. The van der Waals surface area contributed by atoms with Gasteiger partial charge in [0.2, 0.25) is 0 Å². The van der Waals surface area contributed by atoms with E-state index in [2.05, 4.69) is 6.58 Å². The van der Waals surface area contributed by atoms with E-state index in [0.29, 0.717) is 6.54 Å². The second kappa shape index (κ2) is 4.01. The molecule has 4 heteroatoms. The second-order valence-electron chi connectivity index (χ2n) is 2.80. The number of nitrogens with two attached hydrogens (primary N) is 1. The van der Waals surface area contributed by atoms with E-state index in [0.717, 1.165) is 12.5 Å². The minimum absolute atomic E-state index is 0.357. The van der Waals surface area contributed by atoms with Crippen LogP contribution in [0, 0.1) is 0 Å². The number of quaternary nitrogens is 1. The predicted molar refractivity (Wildman–Crippen MR) is 46.1 cm³/mol. The highest BCUT2D eigenvalue weighted by Gasteiger charge is 2.35. The Balaban J connectivity index is 4.72. The quantitative estimate of drug-likeness (QED) is 0.500. The van der Waals surface area contributed by atoms with Crippen molar-refractivity contribution in [1.29, 1.82) is 0 Å². The zero-order valence-corrected chi connectivity index (χ0v) is 7.54. The van der Waals surface area contributed by atoms with Crippen molar-refractivity contribution in [3.8, 4) is 0 Å². The minimum Gasteiger partial charge on any atom is -0.318 e. The molecular formula is C8H15N2O2+. The van der Waals surface area contributed by atoms with Gasteiger partial charge in [-0.2, -0.15) is 4.48 Å². The van der Waals surface area contributed by atoms with E-state index in [9.17, 15) is 9.59 Å². The largest absolute Gasteiger partial charge is 0.421 e. The van der Waals surface area contributed by atoms with E-state index < -0.39 is 6.03 Å². The maximum atomic E-state index is 11.2. The van der Waals surface area contributed by atoms with Crippen LogP contribution in [0.4, 0.5) is 4.79 Å². The Hall–Kier alpha value is -1.16. The molecule has 0 bridgehead atoms. The summed E-state index contributed by atoms with van der Waals surface area (Å²) in [6, 6.07) is -0.637. The van der Waals surface area contributed by atoms with E-state index in [1.54, 1.807) is 0 Å². The fourth-order valence-electron chi connectivity index (χ4n) is 0.978. The summed E-state index contributed by atoms with van der Waals surface area (Å²) in [6.07, 6.45) is 1.85. The summed E-state index contributed by atoms with van der Waals surface area (Å²) in [5.41, 5.74) is 5.10. The summed E-state index contributed by atoms with van der Waals surface area (Å²) in [5, 5.41) is 0. The van der Waals surface area contributed by atoms with Crippen LogP contribution in [-0.4, -0.2) is 30.0 Å². The second-order valence-corrected chi connectivity index (χ2v) is 2.80. The first kappa shape index (κ1) is 10.8. The molecule has 0 aromatic carbocycles. The van der Waals surface area contributed by atoms with Gasteiger partial charge in [-0.1, -0.05) is 13.5 Å². The van der Waals surface area contributed by atoms with Crippen molar-refractivity contribution >= 4 is 11.9 Å². The maximum absolute atomic E-state index is 11.2. The smallest absolute Gasteiger partial charge is 0.318 e. The van der Waals surface area contributed by atoms with E-state index in [-0.39, 0.29) is 10.4 Å². The van der Waals surface area contributed by atoms with E-state index in [4.69, 9.17) is 5.73 Å². The normalized spacial score (nSPS) is 14.8. The lowest BCUT2D eigenvalue weighted by molar-refractivity contribution is -0.748. The maximum Gasteiger partial charge on any atom is 0.421 e. The molecule has 2 N–H and O–H groups in total. The number of likely N-dealkylation sites (N-methyl/N-ethyl adjacent to an activating group) is 1. The fraction of sp³-hybridized carbons (Fsp3) is 0.500. The van der Waals surface area contributed by atoms with Gasteiger partial charge in [-0.05, 0) is 6.42 Å². The van der Waals surface area contributed by atoms with Crippen molar-refractivity contribution in [3.63, 3.8) is 0 Å². The van der Waals surface area contributed by atoms with Crippen molar-refractivity contribution in [3.05, 3.63) is 12.7 Å². The van der Waals surface area contributed by atoms with Gasteiger partial charge >= 0.3 is 11.9 Å². The molecule has 0 aromatic rings. The van der Waals surface area contributed by atoms with Crippen LogP contribution in [0.25, 0.3) is 0 Å². The molecule has 0 aliphatic heterocycles. The Morgan fingerprint density at radius 2 is 2.08 bits per heavy atom. The number of amides is 3. The molecule has 0 radical (unpaired) electrons. The average molecular weight is 171 g/mol. The van der Waals surface area contributed by atoms with Gasteiger partial charge in [0.25, 0.3) is 0 Å². The molecule has 0 aliphatic carbocycles. The molecule has 3 amide bonds. The number of rotatable bonds is 3. The van der Waals surface area contributed by atoms with Gasteiger partial charge in [-0.3, -0.25) is 0 Å². The predicted octanol–water partition coefficient (Wildman–Crippen LogP) is 0.634. The molecule has 1 atom stereocenters. The van der Waals surface area contributed by atoms with Gasteiger partial charge in [0.05, 0.1) is 13.6 Å². The first-order chi connectivity index (χ1) is 5.49. The molecule has 0 aliphatic rings. The summed E-state index contributed by atoms with van der Waals surface area (Å²) in [7, 11) is 1.50. The van der Waals surface area contributed by atoms with Crippen molar-refractivity contribution in [2.24, 2.45) is 5.73 Å².